The van der Waals surface area contributed by atoms with Crippen LogP contribution in [0.5, 0.6) is 0 Å². The summed E-state index contributed by atoms with van der Waals surface area (Å²) in [5.74, 6) is -0.0490. The van der Waals surface area contributed by atoms with Gasteiger partial charge in [0.15, 0.2) is 0 Å². The molecule has 0 spiro atoms. The maximum Gasteiger partial charge on any atom is 0.257 e. The lowest BCUT2D eigenvalue weighted by Gasteiger charge is -2.35. The monoisotopic (exact) mass is 271 g/mol. The fraction of sp³-hybridized carbons (Fsp3) is 0.333. The smallest absolute Gasteiger partial charge is 0.257 e. The van der Waals surface area contributed by atoms with Crippen molar-refractivity contribution in [2.75, 3.05) is 13.1 Å². The van der Waals surface area contributed by atoms with Crippen LogP contribution >= 0.6 is 0 Å². The van der Waals surface area contributed by atoms with Gasteiger partial charge in [0.05, 0.1) is 24.4 Å². The molecule has 104 valence electrons. The van der Waals surface area contributed by atoms with Gasteiger partial charge in [-0.05, 0) is 12.5 Å². The molecular formula is C15H17N3O2. The van der Waals surface area contributed by atoms with Gasteiger partial charge in [-0.2, -0.15) is 5.10 Å². The minimum Gasteiger partial charge on any atom is -0.389 e. The summed E-state index contributed by atoms with van der Waals surface area (Å²) in [4.78, 5) is 13.9. The molecule has 1 amide bonds. The number of carbonyl (C=O) groups is 1. The van der Waals surface area contributed by atoms with Gasteiger partial charge in [0.2, 0.25) is 0 Å². The number of likely N-dealkylation sites (tertiary alicyclic amines) is 1. The number of amides is 1. The van der Waals surface area contributed by atoms with E-state index in [0.717, 1.165) is 11.3 Å². The van der Waals surface area contributed by atoms with E-state index in [2.05, 4.69) is 5.10 Å². The number of hydrogen-bond donors (Lipinski definition) is 1. The third kappa shape index (κ3) is 2.32. The Hall–Kier alpha value is -2.14. The predicted octanol–water partition coefficient (Wildman–Crippen LogP) is 1.06. The van der Waals surface area contributed by atoms with Crippen molar-refractivity contribution in [3.63, 3.8) is 0 Å². The zero-order valence-electron chi connectivity index (χ0n) is 11.4. The van der Waals surface area contributed by atoms with Crippen LogP contribution < -0.4 is 0 Å². The summed E-state index contributed by atoms with van der Waals surface area (Å²) >= 11 is 0. The second kappa shape index (κ2) is 5.09. The number of carbonyl (C=O) groups excluding carboxylic acids is 1. The van der Waals surface area contributed by atoms with Crippen LogP contribution in [0.2, 0.25) is 0 Å². The molecule has 2 aromatic rings. The van der Waals surface area contributed by atoms with Crippen molar-refractivity contribution in [2.24, 2.45) is 0 Å². The highest BCUT2D eigenvalue weighted by Crippen LogP contribution is 2.16. The highest BCUT2D eigenvalue weighted by Gasteiger charge is 2.31. The number of aromatic nitrogens is 2. The first-order valence-corrected chi connectivity index (χ1v) is 6.69. The van der Waals surface area contributed by atoms with Crippen LogP contribution in [0.1, 0.15) is 21.6 Å². The minimum absolute atomic E-state index is 0.0490. The molecule has 1 aromatic carbocycles. The number of aliphatic hydroxyl groups excluding tert-OH is 1. The molecule has 5 nitrogen and oxygen atoms in total. The van der Waals surface area contributed by atoms with Crippen LogP contribution in [-0.2, 0) is 6.54 Å². The molecule has 1 aliphatic heterocycles. The molecule has 0 aliphatic carbocycles. The number of nitrogens with zero attached hydrogens (tertiary/aromatic N) is 3. The average molecular weight is 271 g/mol. The van der Waals surface area contributed by atoms with Gasteiger partial charge in [-0.1, -0.05) is 30.3 Å². The van der Waals surface area contributed by atoms with E-state index in [1.165, 1.54) is 0 Å². The number of hydrogen-bond acceptors (Lipinski definition) is 3. The molecule has 1 aliphatic rings. The van der Waals surface area contributed by atoms with E-state index in [-0.39, 0.29) is 12.0 Å². The number of benzene rings is 1. The van der Waals surface area contributed by atoms with Crippen LogP contribution in [0.15, 0.2) is 36.5 Å². The van der Waals surface area contributed by atoms with Crippen LogP contribution in [0.3, 0.4) is 0 Å². The van der Waals surface area contributed by atoms with Gasteiger partial charge in [-0.25, -0.2) is 0 Å². The summed E-state index contributed by atoms with van der Waals surface area (Å²) in [5, 5.41) is 13.6. The van der Waals surface area contributed by atoms with E-state index in [1.807, 2.05) is 41.9 Å². The lowest BCUT2D eigenvalue weighted by Crippen LogP contribution is -2.53. The molecule has 3 rings (SSSR count). The van der Waals surface area contributed by atoms with Crippen molar-refractivity contribution in [1.82, 2.24) is 14.7 Å². The zero-order valence-corrected chi connectivity index (χ0v) is 11.4. The number of β-amino-alcohol motifs (C(OH)–C–C–N with tert-alkyl or cyclic N) is 1. The van der Waals surface area contributed by atoms with E-state index in [4.69, 9.17) is 0 Å². The molecule has 1 N–H and O–H groups in total. The first-order chi connectivity index (χ1) is 9.65. The van der Waals surface area contributed by atoms with Crippen LogP contribution in [-0.4, -0.2) is 44.9 Å². The van der Waals surface area contributed by atoms with Crippen molar-refractivity contribution in [3.05, 3.63) is 53.3 Å². The van der Waals surface area contributed by atoms with E-state index in [0.29, 0.717) is 25.2 Å². The summed E-state index contributed by atoms with van der Waals surface area (Å²) < 4.78 is 1.83. The summed E-state index contributed by atoms with van der Waals surface area (Å²) in [6, 6.07) is 10.0. The first-order valence-electron chi connectivity index (χ1n) is 6.69. The summed E-state index contributed by atoms with van der Waals surface area (Å²) in [7, 11) is 0. The lowest BCUT2D eigenvalue weighted by atomic mass is 10.1. The molecule has 0 atom stereocenters. The maximum atomic E-state index is 12.2. The molecule has 5 heteroatoms. The van der Waals surface area contributed by atoms with Gasteiger partial charge >= 0.3 is 0 Å². The third-order valence-corrected chi connectivity index (χ3v) is 3.66. The molecule has 1 saturated heterocycles. The fourth-order valence-corrected chi connectivity index (χ4v) is 2.36. The molecule has 0 saturated carbocycles. The number of aliphatic hydroxyl groups is 1. The van der Waals surface area contributed by atoms with Gasteiger partial charge in [-0.15, -0.1) is 0 Å². The van der Waals surface area contributed by atoms with Crippen LogP contribution in [0, 0.1) is 6.92 Å². The largest absolute Gasteiger partial charge is 0.389 e. The normalized spacial score (nSPS) is 15.2. The van der Waals surface area contributed by atoms with Crippen molar-refractivity contribution in [3.8, 4) is 0 Å². The fourth-order valence-electron chi connectivity index (χ4n) is 2.36. The van der Waals surface area contributed by atoms with Gasteiger partial charge in [0.1, 0.15) is 0 Å². The summed E-state index contributed by atoms with van der Waals surface area (Å²) in [6.45, 7) is 3.40. The van der Waals surface area contributed by atoms with E-state index in [9.17, 15) is 9.90 Å². The van der Waals surface area contributed by atoms with Gasteiger partial charge in [-0.3, -0.25) is 9.48 Å². The standard InChI is InChI=1S/C15H17N3O2/c1-11-14(15(20)17-9-13(19)10-17)7-16-18(11)8-12-5-3-2-4-6-12/h2-7,13,19H,8-10H2,1H3. The SMILES string of the molecule is Cc1c(C(=O)N2CC(O)C2)cnn1Cc1ccccc1. The highest BCUT2D eigenvalue weighted by atomic mass is 16.3. The molecule has 2 heterocycles. The summed E-state index contributed by atoms with van der Waals surface area (Å²) in [5.41, 5.74) is 2.63. The molecule has 1 aromatic heterocycles. The van der Waals surface area contributed by atoms with Crippen molar-refractivity contribution in [1.29, 1.82) is 0 Å². The van der Waals surface area contributed by atoms with Crippen LogP contribution in [0.25, 0.3) is 0 Å². The minimum atomic E-state index is -0.376. The Kier molecular flexibility index (Phi) is 3.28. The van der Waals surface area contributed by atoms with Gasteiger partial charge in [0, 0.05) is 18.8 Å². The molecule has 20 heavy (non-hydrogen) atoms. The van der Waals surface area contributed by atoms with Gasteiger partial charge < -0.3 is 10.0 Å². The van der Waals surface area contributed by atoms with Crippen molar-refractivity contribution < 1.29 is 9.90 Å². The Labute approximate surface area is 117 Å². The third-order valence-electron chi connectivity index (χ3n) is 3.66. The van der Waals surface area contributed by atoms with E-state index in [1.54, 1.807) is 11.1 Å². The highest BCUT2D eigenvalue weighted by molar-refractivity contribution is 5.95. The molecule has 0 unspecified atom stereocenters. The molecular weight excluding hydrogens is 254 g/mol. The lowest BCUT2D eigenvalue weighted by molar-refractivity contribution is 0.00583. The van der Waals surface area contributed by atoms with E-state index < -0.39 is 0 Å². The Morgan fingerprint density at radius 1 is 1.35 bits per heavy atom. The Balaban J connectivity index is 1.77. The number of rotatable bonds is 3. The van der Waals surface area contributed by atoms with E-state index >= 15 is 0 Å². The Bertz CT molecular complexity index is 615. The predicted molar refractivity (Wildman–Crippen MR) is 74.4 cm³/mol. The molecule has 1 fully saturated rings. The second-order valence-electron chi connectivity index (χ2n) is 5.15. The first kappa shape index (κ1) is 12.9. The molecule has 0 radical (unpaired) electrons. The Morgan fingerprint density at radius 3 is 2.70 bits per heavy atom. The second-order valence-corrected chi connectivity index (χ2v) is 5.15. The summed E-state index contributed by atoms with van der Waals surface area (Å²) in [6.07, 6.45) is 1.24. The van der Waals surface area contributed by atoms with Gasteiger partial charge in [0.25, 0.3) is 5.91 Å². The Morgan fingerprint density at radius 2 is 2.05 bits per heavy atom. The quantitative estimate of drug-likeness (QED) is 0.908. The van der Waals surface area contributed by atoms with Crippen LogP contribution in [0.4, 0.5) is 0 Å². The zero-order chi connectivity index (χ0) is 14.1. The van der Waals surface area contributed by atoms with Crippen molar-refractivity contribution >= 4 is 5.91 Å². The topological polar surface area (TPSA) is 58.4 Å². The maximum absolute atomic E-state index is 12.2. The molecule has 0 bridgehead atoms. The van der Waals surface area contributed by atoms with Crippen molar-refractivity contribution in [2.45, 2.75) is 19.6 Å². The average Bonchev–Trinajstić information content (AvgIpc) is 2.77.